The number of rotatable bonds is 2. The van der Waals surface area contributed by atoms with Crippen LogP contribution in [-0.4, -0.2) is 37.8 Å². The van der Waals surface area contributed by atoms with E-state index >= 15 is 0 Å². The minimum Gasteiger partial charge on any atom is -0.624 e. The SMILES string of the molecule is NC1(N)COC2=C[NH+]([O-])C(C3CCCC(C4=C5OCC(N)(N)COC5=C[NH+]4[O-])CC3)=C2OC1. The molecule has 4 atom stereocenters. The first-order valence-electron chi connectivity index (χ1n) is 11.3. The van der Waals surface area contributed by atoms with Crippen molar-refractivity contribution in [3.8, 4) is 0 Å². The molecule has 10 N–H and O–H groups in total. The lowest BCUT2D eigenvalue weighted by Gasteiger charge is -2.26. The van der Waals surface area contributed by atoms with Gasteiger partial charge in [-0.15, -0.1) is 0 Å². The maximum atomic E-state index is 12.8. The van der Waals surface area contributed by atoms with Gasteiger partial charge in [-0.25, -0.2) is 0 Å². The van der Waals surface area contributed by atoms with Crippen LogP contribution in [0.2, 0.25) is 0 Å². The van der Waals surface area contributed by atoms with Crippen LogP contribution in [-0.2, 0) is 18.9 Å². The van der Waals surface area contributed by atoms with Crippen LogP contribution in [0.15, 0.2) is 46.8 Å². The Morgan fingerprint density at radius 2 is 1.06 bits per heavy atom. The Hall–Kier alpha value is -2.16. The first-order valence-corrected chi connectivity index (χ1v) is 11.3. The summed E-state index contributed by atoms with van der Waals surface area (Å²) in [6.45, 7) is 0.260. The van der Waals surface area contributed by atoms with Gasteiger partial charge in [-0.3, -0.25) is 0 Å². The topological polar surface area (TPSA) is 196 Å². The van der Waals surface area contributed by atoms with E-state index < -0.39 is 11.3 Å². The molecule has 182 valence electrons. The Morgan fingerprint density at radius 1 is 0.667 bits per heavy atom. The van der Waals surface area contributed by atoms with Gasteiger partial charge in [0.25, 0.3) is 0 Å². The van der Waals surface area contributed by atoms with Gasteiger partial charge in [-0.2, -0.15) is 0 Å². The van der Waals surface area contributed by atoms with Crippen molar-refractivity contribution in [1.82, 2.24) is 0 Å². The van der Waals surface area contributed by atoms with Gasteiger partial charge in [-0.1, -0.05) is 6.42 Å². The first kappa shape index (κ1) is 22.6. The molecule has 12 nitrogen and oxygen atoms in total. The van der Waals surface area contributed by atoms with E-state index in [1.807, 2.05) is 0 Å². The number of hydrogen-bond donors (Lipinski definition) is 6. The fraction of sp³-hybridized carbons (Fsp3) is 0.619. The van der Waals surface area contributed by atoms with Gasteiger partial charge in [0.15, 0.2) is 11.4 Å². The molecule has 0 aromatic carbocycles. The number of hydroxylamine groups is 4. The molecule has 0 spiro atoms. The van der Waals surface area contributed by atoms with Crippen molar-refractivity contribution < 1.29 is 29.1 Å². The molecule has 4 aliphatic heterocycles. The van der Waals surface area contributed by atoms with Crippen molar-refractivity contribution in [2.75, 3.05) is 26.4 Å². The van der Waals surface area contributed by atoms with Crippen LogP contribution in [0.5, 0.6) is 0 Å². The van der Waals surface area contributed by atoms with Gasteiger partial charge < -0.3 is 62.4 Å². The summed E-state index contributed by atoms with van der Waals surface area (Å²) < 4.78 is 23.0. The van der Waals surface area contributed by atoms with Crippen LogP contribution >= 0.6 is 0 Å². The molecule has 4 heterocycles. The van der Waals surface area contributed by atoms with E-state index in [0.29, 0.717) is 47.3 Å². The van der Waals surface area contributed by atoms with Crippen LogP contribution in [0.4, 0.5) is 0 Å². The van der Waals surface area contributed by atoms with E-state index in [2.05, 4.69) is 0 Å². The van der Waals surface area contributed by atoms with Crippen LogP contribution in [0, 0.1) is 22.3 Å². The molecule has 0 aromatic rings. The molecule has 2 saturated heterocycles. The minimum atomic E-state index is -1.12. The molecule has 0 radical (unpaired) electrons. The highest BCUT2D eigenvalue weighted by atomic mass is 16.6. The quantitative estimate of drug-likeness (QED) is 0.143. The molecule has 5 rings (SSSR count). The summed E-state index contributed by atoms with van der Waals surface area (Å²) >= 11 is 0. The molecule has 33 heavy (non-hydrogen) atoms. The Labute approximate surface area is 191 Å². The zero-order valence-corrected chi connectivity index (χ0v) is 18.4. The highest BCUT2D eigenvalue weighted by Gasteiger charge is 2.43. The highest BCUT2D eigenvalue weighted by molar-refractivity contribution is 5.30. The zero-order valence-electron chi connectivity index (χ0n) is 18.4. The molecule has 5 aliphatic rings. The van der Waals surface area contributed by atoms with E-state index in [0.717, 1.165) is 19.3 Å². The molecule has 4 unspecified atom stereocenters. The van der Waals surface area contributed by atoms with Gasteiger partial charge in [0.1, 0.15) is 50.2 Å². The molecule has 0 bridgehead atoms. The fourth-order valence-electron chi connectivity index (χ4n) is 5.10. The van der Waals surface area contributed by atoms with E-state index in [4.69, 9.17) is 41.9 Å². The van der Waals surface area contributed by atoms with Crippen LogP contribution in [0.25, 0.3) is 0 Å². The predicted molar refractivity (Wildman–Crippen MR) is 115 cm³/mol. The second-order valence-corrected chi connectivity index (χ2v) is 9.75. The number of nitrogens with one attached hydrogen (secondary N) is 2. The molecule has 3 fully saturated rings. The Morgan fingerprint density at radius 3 is 1.48 bits per heavy atom. The molecule has 1 saturated carbocycles. The molecule has 0 amide bonds. The van der Waals surface area contributed by atoms with E-state index in [1.165, 1.54) is 12.4 Å². The molecular weight excluding hydrogens is 432 g/mol. The van der Waals surface area contributed by atoms with Crippen LogP contribution < -0.4 is 33.1 Å². The standard InChI is InChI=1S/C21H32N6O6/c22-20(23)8-30-14-6-26(28)16(18(14)32-10-20)12-2-1-3-13(5-4-12)17-19-15(7-27(17)29)31-9-21(24,25)11-33-19/h6-7,12-13,26-27H,1-5,8-11,22-25H2. The summed E-state index contributed by atoms with van der Waals surface area (Å²) in [6, 6.07) is 0. The molecular formula is C21H32N6O6. The molecule has 1 aliphatic carbocycles. The lowest BCUT2D eigenvalue weighted by atomic mass is 9.93. The number of quaternary nitrogens is 2. The lowest BCUT2D eigenvalue weighted by molar-refractivity contribution is -0.750. The number of allylic oxidation sites excluding steroid dienone is 2. The monoisotopic (exact) mass is 464 g/mol. The number of nitrogens with two attached hydrogens (primary N) is 4. The third-order valence-electron chi connectivity index (χ3n) is 6.74. The van der Waals surface area contributed by atoms with E-state index in [9.17, 15) is 10.4 Å². The second-order valence-electron chi connectivity index (χ2n) is 9.75. The third kappa shape index (κ3) is 4.36. The van der Waals surface area contributed by atoms with Crippen LogP contribution in [0.1, 0.15) is 32.1 Å². The number of ether oxygens (including phenoxy) is 4. The van der Waals surface area contributed by atoms with E-state index in [1.54, 1.807) is 0 Å². The number of hydrogen-bond acceptors (Lipinski definition) is 10. The maximum absolute atomic E-state index is 12.8. The zero-order chi connectivity index (χ0) is 23.4. The average molecular weight is 465 g/mol. The summed E-state index contributed by atoms with van der Waals surface area (Å²) in [5.41, 5.74) is 22.8. The summed E-state index contributed by atoms with van der Waals surface area (Å²) in [4.78, 5) is 0. The first-order chi connectivity index (χ1) is 15.6. The van der Waals surface area contributed by atoms with Crippen molar-refractivity contribution in [2.45, 2.75) is 43.4 Å². The largest absolute Gasteiger partial charge is 0.624 e. The Kier molecular flexibility index (Phi) is 5.66. The Balaban J connectivity index is 1.34. The van der Waals surface area contributed by atoms with Gasteiger partial charge in [0, 0.05) is 11.8 Å². The van der Waals surface area contributed by atoms with Gasteiger partial charge >= 0.3 is 0 Å². The summed E-state index contributed by atoms with van der Waals surface area (Å²) in [7, 11) is 0. The molecule has 12 heteroatoms. The Bertz CT molecular complexity index is 868. The highest BCUT2D eigenvalue weighted by Crippen LogP contribution is 2.38. The van der Waals surface area contributed by atoms with Crippen LogP contribution in [0.3, 0.4) is 0 Å². The lowest BCUT2D eigenvalue weighted by Crippen LogP contribution is -3.00. The minimum absolute atomic E-state index is 0.0144. The van der Waals surface area contributed by atoms with Crippen molar-refractivity contribution in [3.63, 3.8) is 0 Å². The normalized spacial score (nSPS) is 35.5. The van der Waals surface area contributed by atoms with Crippen molar-refractivity contribution in [1.29, 1.82) is 0 Å². The fourth-order valence-corrected chi connectivity index (χ4v) is 5.10. The number of fused-ring (bicyclic) bond motifs is 2. The summed E-state index contributed by atoms with van der Waals surface area (Å²) in [5.74, 6) is 1.67. The average Bonchev–Trinajstić information content (AvgIpc) is 2.96. The molecule has 0 aromatic heterocycles. The smallest absolute Gasteiger partial charge is 0.225 e. The van der Waals surface area contributed by atoms with Crippen molar-refractivity contribution in [3.05, 3.63) is 57.2 Å². The van der Waals surface area contributed by atoms with E-state index in [-0.39, 0.29) is 48.4 Å². The summed E-state index contributed by atoms with van der Waals surface area (Å²) in [5, 5.41) is 25.4. The summed E-state index contributed by atoms with van der Waals surface area (Å²) in [6.07, 6.45) is 6.78. The van der Waals surface area contributed by atoms with Gasteiger partial charge in [0.2, 0.25) is 23.0 Å². The van der Waals surface area contributed by atoms with Crippen molar-refractivity contribution in [2.24, 2.45) is 34.8 Å². The second kappa shape index (κ2) is 8.25. The third-order valence-corrected chi connectivity index (χ3v) is 6.74. The predicted octanol–water partition coefficient (Wildman–Crippen LogP) is -2.60. The van der Waals surface area contributed by atoms with Gasteiger partial charge in [-0.05, 0) is 25.7 Å². The van der Waals surface area contributed by atoms with Crippen molar-refractivity contribution >= 4 is 0 Å². The van der Waals surface area contributed by atoms with Gasteiger partial charge in [0.05, 0.1) is 0 Å². The maximum Gasteiger partial charge on any atom is 0.225 e.